The zero-order valence-electron chi connectivity index (χ0n) is 9.45. The molecule has 0 aromatic heterocycles. The first-order chi connectivity index (χ1) is 7.48. The van der Waals surface area contributed by atoms with Crippen LogP contribution in [-0.4, -0.2) is 24.5 Å². The summed E-state index contributed by atoms with van der Waals surface area (Å²) in [6.45, 7) is 8.78. The van der Waals surface area contributed by atoms with Gasteiger partial charge in [-0.1, -0.05) is 18.7 Å². The molecular weight excluding hydrogens is 206 g/mol. The number of rotatable bonds is 3. The van der Waals surface area contributed by atoms with Gasteiger partial charge < -0.3 is 10.1 Å². The minimum absolute atomic E-state index is 0.277. The number of hydrogen-bond acceptors (Lipinski definition) is 3. The Labute approximate surface area is 94.7 Å². The molecule has 1 amide bonds. The fourth-order valence-electron chi connectivity index (χ4n) is 1.70. The molecule has 2 unspecified atom stereocenters. The van der Waals surface area contributed by atoms with Crippen LogP contribution in [0.1, 0.15) is 6.92 Å². The fraction of sp³-hybridized carbons (Fsp3) is 0.333. The van der Waals surface area contributed by atoms with Crippen molar-refractivity contribution in [1.29, 1.82) is 0 Å². The third kappa shape index (κ3) is 1.91. The van der Waals surface area contributed by atoms with E-state index in [1.54, 1.807) is 19.1 Å². The number of carbonyl (C=O) groups is 2. The maximum atomic E-state index is 11.8. The normalized spacial score (nSPS) is 28.8. The average Bonchev–Trinajstić information content (AvgIpc) is 2.26. The number of amides is 1. The topological polar surface area (TPSA) is 55.4 Å². The quantitative estimate of drug-likeness (QED) is 0.570. The molecule has 1 aliphatic heterocycles. The zero-order valence-corrected chi connectivity index (χ0v) is 9.45. The van der Waals surface area contributed by atoms with Crippen molar-refractivity contribution >= 4 is 11.9 Å². The Hall–Kier alpha value is -1.84. The standard InChI is InChI=1S/C12H15NO3/c1-5-8-7-12(3,11(15)16-4)13-10(14)9(8)6-2/h5-7,9H,1-2H2,3-4H3,(H,13,14). The van der Waals surface area contributed by atoms with Crippen LogP contribution in [0.3, 0.4) is 0 Å². The predicted molar refractivity (Wildman–Crippen MR) is 60.5 cm³/mol. The first kappa shape index (κ1) is 12.2. The van der Waals surface area contributed by atoms with Crippen LogP contribution in [-0.2, 0) is 14.3 Å². The Morgan fingerprint density at radius 1 is 1.62 bits per heavy atom. The molecule has 4 heteroatoms. The van der Waals surface area contributed by atoms with Gasteiger partial charge in [-0.25, -0.2) is 4.79 Å². The Morgan fingerprint density at radius 2 is 2.25 bits per heavy atom. The smallest absolute Gasteiger partial charge is 0.335 e. The fourth-order valence-corrected chi connectivity index (χ4v) is 1.70. The third-order valence-corrected chi connectivity index (χ3v) is 2.56. The lowest BCUT2D eigenvalue weighted by Crippen LogP contribution is -2.56. The molecule has 4 nitrogen and oxygen atoms in total. The highest BCUT2D eigenvalue weighted by Crippen LogP contribution is 2.25. The van der Waals surface area contributed by atoms with Gasteiger partial charge in [-0.05, 0) is 18.6 Å². The van der Waals surface area contributed by atoms with Crippen LogP contribution in [0.25, 0.3) is 0 Å². The molecule has 86 valence electrons. The Kier molecular flexibility index (Phi) is 3.32. The van der Waals surface area contributed by atoms with Crippen molar-refractivity contribution in [3.05, 3.63) is 37.0 Å². The summed E-state index contributed by atoms with van der Waals surface area (Å²) in [5, 5.41) is 2.60. The van der Waals surface area contributed by atoms with E-state index in [4.69, 9.17) is 0 Å². The first-order valence-electron chi connectivity index (χ1n) is 4.86. The lowest BCUT2D eigenvalue weighted by Gasteiger charge is -2.32. The molecule has 16 heavy (non-hydrogen) atoms. The summed E-state index contributed by atoms with van der Waals surface area (Å²) < 4.78 is 4.64. The number of ether oxygens (including phenoxy) is 1. The number of allylic oxidation sites excluding steroid dienone is 1. The van der Waals surface area contributed by atoms with Gasteiger partial charge in [0.15, 0.2) is 5.54 Å². The Bertz CT molecular complexity index is 384. The van der Waals surface area contributed by atoms with Crippen LogP contribution in [0.5, 0.6) is 0 Å². The molecule has 0 aliphatic carbocycles. The summed E-state index contributed by atoms with van der Waals surface area (Å²) in [7, 11) is 1.28. The molecule has 0 fully saturated rings. The van der Waals surface area contributed by atoms with Crippen molar-refractivity contribution in [2.45, 2.75) is 12.5 Å². The van der Waals surface area contributed by atoms with E-state index < -0.39 is 17.4 Å². The molecule has 0 bridgehead atoms. The van der Waals surface area contributed by atoms with Crippen molar-refractivity contribution in [2.75, 3.05) is 7.11 Å². The van der Waals surface area contributed by atoms with E-state index in [1.807, 2.05) is 0 Å². The van der Waals surface area contributed by atoms with Gasteiger partial charge >= 0.3 is 5.97 Å². The number of hydrogen-bond donors (Lipinski definition) is 1. The SMILES string of the molecule is C=CC1=CC(C)(C(=O)OC)NC(=O)C1C=C. The highest BCUT2D eigenvalue weighted by Gasteiger charge is 2.40. The maximum Gasteiger partial charge on any atom is 0.335 e. The molecule has 0 aromatic carbocycles. The Morgan fingerprint density at radius 3 is 2.69 bits per heavy atom. The van der Waals surface area contributed by atoms with Gasteiger partial charge in [0.1, 0.15) is 0 Å². The minimum Gasteiger partial charge on any atom is -0.467 e. The van der Waals surface area contributed by atoms with Crippen molar-refractivity contribution in [3.8, 4) is 0 Å². The van der Waals surface area contributed by atoms with Gasteiger partial charge in [0, 0.05) is 0 Å². The van der Waals surface area contributed by atoms with Crippen LogP contribution in [0.2, 0.25) is 0 Å². The van der Waals surface area contributed by atoms with E-state index in [1.165, 1.54) is 13.2 Å². The van der Waals surface area contributed by atoms with Crippen LogP contribution >= 0.6 is 0 Å². The summed E-state index contributed by atoms with van der Waals surface area (Å²) in [5.41, 5.74) is -0.471. The largest absolute Gasteiger partial charge is 0.467 e. The summed E-state index contributed by atoms with van der Waals surface area (Å²) in [5.74, 6) is -1.25. The van der Waals surface area contributed by atoms with Gasteiger partial charge in [0.2, 0.25) is 5.91 Å². The molecule has 0 aromatic rings. The van der Waals surface area contributed by atoms with E-state index in [0.717, 1.165) is 0 Å². The monoisotopic (exact) mass is 221 g/mol. The molecule has 0 spiro atoms. The van der Waals surface area contributed by atoms with E-state index >= 15 is 0 Å². The molecule has 2 atom stereocenters. The number of methoxy groups -OCH3 is 1. The molecule has 1 heterocycles. The number of esters is 1. The molecule has 1 aliphatic rings. The predicted octanol–water partition coefficient (Wildman–Crippen LogP) is 0.962. The second kappa shape index (κ2) is 4.35. The number of nitrogens with one attached hydrogen (secondary N) is 1. The van der Waals surface area contributed by atoms with Crippen LogP contribution < -0.4 is 5.32 Å². The van der Waals surface area contributed by atoms with E-state index in [-0.39, 0.29) is 5.91 Å². The third-order valence-electron chi connectivity index (χ3n) is 2.56. The van der Waals surface area contributed by atoms with Gasteiger partial charge in [-0.3, -0.25) is 4.79 Å². The maximum absolute atomic E-state index is 11.8. The Balaban J connectivity index is 3.20. The molecular formula is C12H15NO3. The van der Waals surface area contributed by atoms with Crippen molar-refractivity contribution in [2.24, 2.45) is 5.92 Å². The molecule has 0 saturated carbocycles. The van der Waals surface area contributed by atoms with E-state index in [0.29, 0.717) is 5.57 Å². The second-order valence-corrected chi connectivity index (χ2v) is 3.75. The summed E-state index contributed by atoms with van der Waals surface area (Å²) in [4.78, 5) is 23.3. The minimum atomic E-state index is -1.13. The van der Waals surface area contributed by atoms with Gasteiger partial charge in [-0.15, -0.1) is 6.58 Å². The van der Waals surface area contributed by atoms with E-state index in [9.17, 15) is 9.59 Å². The zero-order chi connectivity index (χ0) is 12.3. The van der Waals surface area contributed by atoms with Crippen molar-refractivity contribution in [1.82, 2.24) is 5.32 Å². The molecule has 1 N–H and O–H groups in total. The second-order valence-electron chi connectivity index (χ2n) is 3.75. The lowest BCUT2D eigenvalue weighted by atomic mass is 9.86. The summed E-state index contributed by atoms with van der Waals surface area (Å²) in [6, 6.07) is 0. The van der Waals surface area contributed by atoms with Gasteiger partial charge in [0.25, 0.3) is 0 Å². The van der Waals surface area contributed by atoms with E-state index in [2.05, 4.69) is 23.2 Å². The molecule has 0 radical (unpaired) electrons. The molecule has 1 rings (SSSR count). The van der Waals surface area contributed by atoms with Crippen molar-refractivity contribution in [3.63, 3.8) is 0 Å². The number of carbonyl (C=O) groups excluding carboxylic acids is 2. The summed E-state index contributed by atoms with van der Waals surface area (Å²) in [6.07, 6.45) is 4.70. The lowest BCUT2D eigenvalue weighted by molar-refractivity contribution is -0.148. The van der Waals surface area contributed by atoms with Crippen LogP contribution in [0, 0.1) is 5.92 Å². The van der Waals surface area contributed by atoms with Crippen molar-refractivity contribution < 1.29 is 14.3 Å². The van der Waals surface area contributed by atoms with Gasteiger partial charge in [0.05, 0.1) is 13.0 Å². The van der Waals surface area contributed by atoms with Gasteiger partial charge in [-0.2, -0.15) is 0 Å². The van der Waals surface area contributed by atoms with Crippen LogP contribution in [0.4, 0.5) is 0 Å². The van der Waals surface area contributed by atoms with Crippen LogP contribution in [0.15, 0.2) is 37.0 Å². The molecule has 0 saturated heterocycles. The summed E-state index contributed by atoms with van der Waals surface area (Å²) >= 11 is 0. The average molecular weight is 221 g/mol. The highest BCUT2D eigenvalue weighted by molar-refractivity contribution is 5.95. The first-order valence-corrected chi connectivity index (χ1v) is 4.86. The highest BCUT2D eigenvalue weighted by atomic mass is 16.5.